The van der Waals surface area contributed by atoms with Crippen LogP contribution in [0.1, 0.15) is 13.3 Å². The molecule has 0 heterocycles. The van der Waals surface area contributed by atoms with Crippen molar-refractivity contribution in [3.63, 3.8) is 0 Å². The third kappa shape index (κ3) is 4.95. The van der Waals surface area contributed by atoms with Crippen LogP contribution in [0.15, 0.2) is 0 Å². The summed E-state index contributed by atoms with van der Waals surface area (Å²) in [5.74, 6) is -63.0. The summed E-state index contributed by atoms with van der Waals surface area (Å²) in [7, 11) is 0. The van der Waals surface area contributed by atoms with Gasteiger partial charge in [0.05, 0.1) is 0 Å². The van der Waals surface area contributed by atoms with Gasteiger partial charge in [0, 0.05) is 6.42 Å². The highest BCUT2D eigenvalue weighted by molar-refractivity contribution is 7.64. The average molecular weight is 610 g/mol. The molecule has 33 heavy (non-hydrogen) atoms. The van der Waals surface area contributed by atoms with Crippen LogP contribution in [0.5, 0.6) is 0 Å². The van der Waals surface area contributed by atoms with Gasteiger partial charge in [0.2, 0.25) is 0 Å². The first-order chi connectivity index (χ1) is 13.9. The van der Waals surface area contributed by atoms with Crippen LogP contribution in [0.25, 0.3) is 0 Å². The summed E-state index contributed by atoms with van der Waals surface area (Å²) in [6.45, 7) is -0.655. The Kier molecular flexibility index (Phi) is 8.75. The van der Waals surface area contributed by atoms with Crippen LogP contribution in [0, 0.1) is 0 Å². The van der Waals surface area contributed by atoms with Crippen LogP contribution in [0.3, 0.4) is 0 Å². The molecular formula is C12H8Cl3F17Si. The zero-order valence-corrected chi connectivity index (χ0v) is 18.3. The van der Waals surface area contributed by atoms with Crippen molar-refractivity contribution in [3.8, 4) is 0 Å². The van der Waals surface area contributed by atoms with Crippen molar-refractivity contribution in [2.24, 2.45) is 0 Å². The van der Waals surface area contributed by atoms with E-state index in [4.69, 9.17) is 33.2 Å². The number of hydrogen-bond donors (Lipinski definition) is 0. The van der Waals surface area contributed by atoms with Gasteiger partial charge < -0.3 is 0 Å². The van der Waals surface area contributed by atoms with E-state index in [1.807, 2.05) is 0 Å². The van der Waals surface area contributed by atoms with E-state index in [9.17, 15) is 74.6 Å². The Morgan fingerprint density at radius 2 is 0.818 bits per heavy atom. The molecule has 0 aromatic carbocycles. The zero-order valence-electron chi connectivity index (χ0n) is 15.1. The Hall–Kier alpha value is -0.103. The molecule has 0 amide bonds. The van der Waals surface area contributed by atoms with Crippen molar-refractivity contribution in [2.45, 2.75) is 72.9 Å². The van der Waals surface area contributed by atoms with Gasteiger partial charge in [0.25, 0.3) is 0 Å². The molecule has 1 unspecified atom stereocenters. The molecule has 0 spiro atoms. The van der Waals surface area contributed by atoms with E-state index in [2.05, 4.69) is 0 Å². The summed E-state index contributed by atoms with van der Waals surface area (Å²) in [4.78, 5) is 0. The topological polar surface area (TPSA) is 0 Å². The van der Waals surface area contributed by atoms with E-state index in [1.54, 1.807) is 0 Å². The first kappa shape index (κ1) is 32.9. The quantitative estimate of drug-likeness (QED) is 0.125. The second-order valence-electron chi connectivity index (χ2n) is 6.50. The molecule has 0 aliphatic carbocycles. The fourth-order valence-corrected chi connectivity index (χ4v) is 3.38. The standard InChI is InChI=1S/C12H8Cl3F17Si/c1-4(16)6(19,20)8(23,24)10(27,28)12(31,32)11(29,30)9(25,26)7(21,22)5(17,18)2-3-33(13,14)15/h4H,2-3H2,1H3. The van der Waals surface area contributed by atoms with Crippen molar-refractivity contribution >= 4 is 39.2 Å². The first-order valence-corrected chi connectivity index (χ1v) is 12.9. The fourth-order valence-electron chi connectivity index (χ4n) is 1.93. The van der Waals surface area contributed by atoms with Gasteiger partial charge in [0.1, 0.15) is 0 Å². The lowest BCUT2D eigenvalue weighted by Gasteiger charge is -2.44. The van der Waals surface area contributed by atoms with E-state index < -0.39 is 78.9 Å². The van der Waals surface area contributed by atoms with Crippen LogP contribution < -0.4 is 0 Å². The molecule has 0 saturated carbocycles. The maximum absolute atomic E-state index is 13.6. The Morgan fingerprint density at radius 3 is 1.09 bits per heavy atom. The maximum atomic E-state index is 13.6. The fraction of sp³-hybridized carbons (Fsp3) is 1.00. The normalized spacial score (nSPS) is 17.4. The summed E-state index contributed by atoms with van der Waals surface area (Å²) in [5.41, 5.74) is 0. The van der Waals surface area contributed by atoms with Crippen molar-refractivity contribution < 1.29 is 74.6 Å². The monoisotopic (exact) mass is 608 g/mol. The summed E-state index contributed by atoms with van der Waals surface area (Å²) < 4.78 is 227. The number of hydrogen-bond acceptors (Lipinski definition) is 0. The number of rotatable bonds is 11. The Labute approximate surface area is 187 Å². The van der Waals surface area contributed by atoms with Crippen molar-refractivity contribution in [1.82, 2.24) is 0 Å². The van der Waals surface area contributed by atoms with E-state index in [-0.39, 0.29) is 0 Å². The molecule has 0 aliphatic rings. The molecular weight excluding hydrogens is 602 g/mol. The van der Waals surface area contributed by atoms with Gasteiger partial charge in [-0.15, -0.1) is 33.2 Å². The van der Waals surface area contributed by atoms with Crippen molar-refractivity contribution in [2.75, 3.05) is 0 Å². The smallest absolute Gasteiger partial charge is 0.241 e. The molecule has 0 aromatic rings. The minimum Gasteiger partial charge on any atom is -0.241 e. The third-order valence-electron chi connectivity index (χ3n) is 4.07. The van der Waals surface area contributed by atoms with E-state index in [0.29, 0.717) is 0 Å². The second-order valence-corrected chi connectivity index (χ2v) is 15.8. The molecule has 1 atom stereocenters. The Morgan fingerprint density at radius 1 is 0.545 bits per heavy atom. The van der Waals surface area contributed by atoms with Crippen LogP contribution in [-0.2, 0) is 0 Å². The molecule has 0 fully saturated rings. The van der Waals surface area contributed by atoms with Crippen LogP contribution >= 0.6 is 33.2 Å². The van der Waals surface area contributed by atoms with E-state index in [0.717, 1.165) is 0 Å². The van der Waals surface area contributed by atoms with Gasteiger partial charge >= 0.3 is 53.4 Å². The molecule has 200 valence electrons. The molecule has 0 radical (unpaired) electrons. The minimum atomic E-state index is -8.59. The van der Waals surface area contributed by atoms with Gasteiger partial charge in [-0.05, 0) is 13.0 Å². The van der Waals surface area contributed by atoms with Gasteiger partial charge in [0.15, 0.2) is 6.17 Å². The van der Waals surface area contributed by atoms with Gasteiger partial charge in [-0.3, -0.25) is 0 Å². The lowest BCUT2D eigenvalue weighted by atomic mass is 9.86. The van der Waals surface area contributed by atoms with Gasteiger partial charge in [-0.2, -0.15) is 70.2 Å². The summed E-state index contributed by atoms with van der Waals surface area (Å²) in [6, 6.07) is -6.09. The molecule has 0 saturated heterocycles. The van der Waals surface area contributed by atoms with Gasteiger partial charge in [-0.1, -0.05) is 0 Å². The van der Waals surface area contributed by atoms with Crippen LogP contribution in [-0.4, -0.2) is 59.6 Å². The SMILES string of the molecule is CC(F)C(F)(F)C(F)(F)C(F)(F)C(F)(F)C(F)(F)C(F)(F)C(F)(F)C(F)(F)CC[Si](Cl)(Cl)Cl. The van der Waals surface area contributed by atoms with E-state index in [1.165, 1.54) is 0 Å². The molecule has 0 rings (SSSR count). The predicted octanol–water partition coefficient (Wildman–Crippen LogP) is 8.47. The van der Waals surface area contributed by atoms with E-state index >= 15 is 0 Å². The Bertz CT molecular complexity index is 700. The van der Waals surface area contributed by atoms with Crippen molar-refractivity contribution in [1.29, 1.82) is 0 Å². The van der Waals surface area contributed by atoms with Crippen LogP contribution in [0.4, 0.5) is 74.6 Å². The molecule has 0 aliphatic heterocycles. The molecule has 0 nitrogen and oxygen atoms in total. The minimum absolute atomic E-state index is 0.655. The average Bonchev–Trinajstić information content (AvgIpc) is 2.58. The lowest BCUT2D eigenvalue weighted by molar-refractivity contribution is -0.455. The predicted molar refractivity (Wildman–Crippen MR) is 82.9 cm³/mol. The molecule has 0 bridgehead atoms. The first-order valence-electron chi connectivity index (χ1n) is 7.63. The highest BCUT2D eigenvalue weighted by atomic mass is 35.8. The molecule has 21 heteroatoms. The zero-order chi connectivity index (χ0) is 27.5. The third-order valence-corrected chi connectivity index (χ3v) is 6.59. The Balaban J connectivity index is 6.68. The highest BCUT2D eigenvalue weighted by Gasteiger charge is 2.95. The second kappa shape index (κ2) is 8.78. The maximum Gasteiger partial charge on any atom is 0.385 e. The van der Waals surface area contributed by atoms with Gasteiger partial charge in [-0.25, -0.2) is 4.39 Å². The summed E-state index contributed by atoms with van der Waals surface area (Å²) in [6.07, 6.45) is -7.22. The largest absolute Gasteiger partial charge is 0.385 e. The molecule has 0 aromatic heterocycles. The summed E-state index contributed by atoms with van der Waals surface area (Å²) >= 11 is 15.0. The van der Waals surface area contributed by atoms with Crippen molar-refractivity contribution in [3.05, 3.63) is 0 Å². The molecule has 0 N–H and O–H groups in total. The lowest BCUT2D eigenvalue weighted by Crippen LogP contribution is -2.75. The highest BCUT2D eigenvalue weighted by Crippen LogP contribution is 2.64. The number of halogens is 20. The van der Waals surface area contributed by atoms with Crippen LogP contribution in [0.2, 0.25) is 6.04 Å². The summed E-state index contributed by atoms with van der Waals surface area (Å²) in [5, 5.41) is 0. The number of alkyl halides is 17.